The minimum absolute atomic E-state index is 0.0799. The van der Waals surface area contributed by atoms with Gasteiger partial charge in [-0.2, -0.15) is 16.4 Å². The van der Waals surface area contributed by atoms with Crippen LogP contribution < -0.4 is 4.72 Å². The molecule has 8 heteroatoms. The third kappa shape index (κ3) is 3.16. The first kappa shape index (κ1) is 13.2. The summed E-state index contributed by atoms with van der Waals surface area (Å²) in [5.41, 5.74) is 0.923. The SMILES string of the molecule is O=S(=O)(NCc1ccsc1)c1cnn(CCO)c1. The van der Waals surface area contributed by atoms with E-state index in [0.29, 0.717) is 0 Å². The summed E-state index contributed by atoms with van der Waals surface area (Å²) < 4.78 is 27.7. The lowest BCUT2D eigenvalue weighted by Crippen LogP contribution is -2.22. The van der Waals surface area contributed by atoms with E-state index in [9.17, 15) is 8.42 Å². The van der Waals surface area contributed by atoms with Gasteiger partial charge in [0.15, 0.2) is 0 Å². The van der Waals surface area contributed by atoms with E-state index in [1.54, 1.807) is 0 Å². The summed E-state index contributed by atoms with van der Waals surface area (Å²) in [7, 11) is -3.54. The number of hydrogen-bond acceptors (Lipinski definition) is 5. The number of thiophene rings is 1. The summed E-state index contributed by atoms with van der Waals surface area (Å²) in [5.74, 6) is 0. The van der Waals surface area contributed by atoms with E-state index in [4.69, 9.17) is 5.11 Å². The Labute approximate surface area is 109 Å². The predicted octanol–water partition coefficient (Wildman–Crippen LogP) is 0.415. The van der Waals surface area contributed by atoms with Crippen LogP contribution in [0.3, 0.4) is 0 Å². The summed E-state index contributed by atoms with van der Waals surface area (Å²) >= 11 is 1.52. The molecule has 0 aromatic carbocycles. The van der Waals surface area contributed by atoms with Gasteiger partial charge >= 0.3 is 0 Å². The number of aliphatic hydroxyl groups is 1. The maximum absolute atomic E-state index is 11.9. The molecule has 0 saturated heterocycles. The maximum Gasteiger partial charge on any atom is 0.243 e. The van der Waals surface area contributed by atoms with Crippen LogP contribution in [0, 0.1) is 0 Å². The molecule has 6 nitrogen and oxygen atoms in total. The van der Waals surface area contributed by atoms with Gasteiger partial charge in [-0.1, -0.05) is 0 Å². The fraction of sp³-hybridized carbons (Fsp3) is 0.300. The van der Waals surface area contributed by atoms with E-state index >= 15 is 0 Å². The van der Waals surface area contributed by atoms with Crippen molar-refractivity contribution in [2.75, 3.05) is 6.61 Å². The van der Waals surface area contributed by atoms with Crippen molar-refractivity contribution in [2.24, 2.45) is 0 Å². The monoisotopic (exact) mass is 287 g/mol. The smallest absolute Gasteiger partial charge is 0.243 e. The summed E-state index contributed by atoms with van der Waals surface area (Å²) in [4.78, 5) is 0.103. The van der Waals surface area contributed by atoms with Crippen molar-refractivity contribution in [1.82, 2.24) is 14.5 Å². The molecule has 0 radical (unpaired) electrons. The Bertz CT molecular complexity index is 590. The van der Waals surface area contributed by atoms with Crippen LogP contribution in [0.15, 0.2) is 34.1 Å². The highest BCUT2D eigenvalue weighted by molar-refractivity contribution is 7.89. The van der Waals surface area contributed by atoms with E-state index in [-0.39, 0.29) is 24.6 Å². The second-order valence-corrected chi connectivity index (χ2v) is 6.17. The molecule has 0 amide bonds. The number of aromatic nitrogens is 2. The van der Waals surface area contributed by atoms with Gasteiger partial charge in [0.2, 0.25) is 10.0 Å². The van der Waals surface area contributed by atoms with E-state index in [2.05, 4.69) is 9.82 Å². The van der Waals surface area contributed by atoms with Crippen LogP contribution in [-0.2, 0) is 23.1 Å². The van der Waals surface area contributed by atoms with Crippen molar-refractivity contribution in [3.05, 3.63) is 34.8 Å². The highest BCUT2D eigenvalue weighted by Crippen LogP contribution is 2.10. The molecule has 2 aromatic rings. The van der Waals surface area contributed by atoms with Gasteiger partial charge in [0.1, 0.15) is 4.90 Å². The molecule has 2 rings (SSSR count). The van der Waals surface area contributed by atoms with Crippen molar-refractivity contribution >= 4 is 21.4 Å². The van der Waals surface area contributed by atoms with Gasteiger partial charge in [0.25, 0.3) is 0 Å². The quantitative estimate of drug-likeness (QED) is 0.806. The van der Waals surface area contributed by atoms with E-state index in [1.165, 1.54) is 28.4 Å². The highest BCUT2D eigenvalue weighted by Gasteiger charge is 2.16. The molecule has 98 valence electrons. The summed E-state index contributed by atoms with van der Waals surface area (Å²) in [6.07, 6.45) is 2.66. The topological polar surface area (TPSA) is 84.2 Å². The average Bonchev–Trinajstić information content (AvgIpc) is 2.98. The van der Waals surface area contributed by atoms with E-state index < -0.39 is 10.0 Å². The van der Waals surface area contributed by atoms with Gasteiger partial charge in [0, 0.05) is 12.7 Å². The molecule has 2 aromatic heterocycles. The van der Waals surface area contributed by atoms with Gasteiger partial charge in [-0.25, -0.2) is 13.1 Å². The molecule has 0 saturated carbocycles. The second-order valence-electron chi connectivity index (χ2n) is 3.62. The van der Waals surface area contributed by atoms with Crippen molar-refractivity contribution in [3.8, 4) is 0 Å². The van der Waals surface area contributed by atoms with Crippen LogP contribution in [0.2, 0.25) is 0 Å². The molecule has 0 fully saturated rings. The molecular weight excluding hydrogens is 274 g/mol. The summed E-state index contributed by atoms with van der Waals surface area (Å²) in [6.45, 7) is 0.459. The molecule has 0 atom stereocenters. The van der Waals surface area contributed by atoms with Gasteiger partial charge in [-0.05, 0) is 22.4 Å². The van der Waals surface area contributed by atoms with E-state index in [1.807, 2.05) is 16.8 Å². The Kier molecular flexibility index (Phi) is 4.12. The third-order valence-corrected chi connectivity index (χ3v) is 4.38. The van der Waals surface area contributed by atoms with Crippen LogP contribution in [-0.4, -0.2) is 29.9 Å². The van der Waals surface area contributed by atoms with Crippen molar-refractivity contribution in [2.45, 2.75) is 18.0 Å². The normalized spacial score (nSPS) is 11.8. The zero-order valence-corrected chi connectivity index (χ0v) is 11.1. The van der Waals surface area contributed by atoms with Crippen LogP contribution in [0.5, 0.6) is 0 Å². The first-order valence-electron chi connectivity index (χ1n) is 5.26. The summed E-state index contributed by atoms with van der Waals surface area (Å²) in [5, 5.41) is 16.4. The molecular formula is C10H13N3O3S2. The molecule has 0 aliphatic heterocycles. The second kappa shape index (κ2) is 5.61. The first-order chi connectivity index (χ1) is 8.62. The zero-order valence-electron chi connectivity index (χ0n) is 9.48. The lowest BCUT2D eigenvalue weighted by atomic mass is 10.4. The van der Waals surface area contributed by atoms with Crippen molar-refractivity contribution in [3.63, 3.8) is 0 Å². The largest absolute Gasteiger partial charge is 0.394 e. The van der Waals surface area contributed by atoms with Crippen LogP contribution in [0.4, 0.5) is 0 Å². The standard InChI is InChI=1S/C10H13N3O3S2/c14-3-2-13-7-10(6-11-13)18(15,16)12-5-9-1-4-17-8-9/h1,4,6-8,12,14H,2-3,5H2. The molecule has 18 heavy (non-hydrogen) atoms. The Morgan fingerprint density at radius 1 is 1.50 bits per heavy atom. The number of nitrogens with one attached hydrogen (secondary N) is 1. The van der Waals surface area contributed by atoms with Crippen LogP contribution in [0.1, 0.15) is 5.56 Å². The van der Waals surface area contributed by atoms with Gasteiger partial charge in [-0.15, -0.1) is 0 Å². The first-order valence-corrected chi connectivity index (χ1v) is 7.68. The molecule has 0 unspecified atom stereocenters. The van der Waals surface area contributed by atoms with Gasteiger partial charge in [0.05, 0.1) is 19.3 Å². The highest BCUT2D eigenvalue weighted by atomic mass is 32.2. The Morgan fingerprint density at radius 3 is 3.00 bits per heavy atom. The van der Waals surface area contributed by atoms with Gasteiger partial charge < -0.3 is 5.11 Å². The maximum atomic E-state index is 11.9. The Hall–Kier alpha value is -1.22. The average molecular weight is 287 g/mol. The van der Waals surface area contributed by atoms with Crippen LogP contribution in [0.25, 0.3) is 0 Å². The van der Waals surface area contributed by atoms with Crippen molar-refractivity contribution < 1.29 is 13.5 Å². The van der Waals surface area contributed by atoms with Crippen LogP contribution >= 0.6 is 11.3 Å². The Balaban J connectivity index is 2.05. The number of nitrogens with zero attached hydrogens (tertiary/aromatic N) is 2. The third-order valence-electron chi connectivity index (χ3n) is 2.30. The zero-order chi connectivity index (χ0) is 13.0. The number of rotatable bonds is 6. The number of aliphatic hydroxyl groups excluding tert-OH is 1. The fourth-order valence-corrected chi connectivity index (χ4v) is 3.00. The van der Waals surface area contributed by atoms with E-state index in [0.717, 1.165) is 5.56 Å². The lowest BCUT2D eigenvalue weighted by molar-refractivity contribution is 0.269. The molecule has 2 N–H and O–H groups in total. The molecule has 0 aliphatic carbocycles. The number of sulfonamides is 1. The molecule has 0 spiro atoms. The van der Waals surface area contributed by atoms with Gasteiger partial charge in [-0.3, -0.25) is 4.68 Å². The fourth-order valence-electron chi connectivity index (χ4n) is 1.36. The molecule has 0 aliphatic rings. The summed E-state index contributed by atoms with van der Waals surface area (Å²) in [6, 6.07) is 1.86. The molecule has 0 bridgehead atoms. The Morgan fingerprint density at radius 2 is 2.33 bits per heavy atom. The van der Waals surface area contributed by atoms with Crippen molar-refractivity contribution in [1.29, 1.82) is 0 Å². The number of hydrogen-bond donors (Lipinski definition) is 2. The lowest BCUT2D eigenvalue weighted by Gasteiger charge is -2.02. The predicted molar refractivity (Wildman–Crippen MR) is 67.7 cm³/mol. The minimum atomic E-state index is -3.54. The molecule has 2 heterocycles. The minimum Gasteiger partial charge on any atom is -0.394 e.